The third-order valence-corrected chi connectivity index (χ3v) is 2.70. The van der Waals surface area contributed by atoms with Crippen molar-refractivity contribution in [2.45, 2.75) is 19.9 Å². The smallest absolute Gasteiger partial charge is 0.323 e. The summed E-state index contributed by atoms with van der Waals surface area (Å²) in [5.74, 6) is -1.03. The zero-order valence-electron chi connectivity index (χ0n) is 12.1. The average molecular weight is 276 g/mol. The Labute approximate surface area is 114 Å². The number of ether oxygens (including phenoxy) is 2. The van der Waals surface area contributed by atoms with Gasteiger partial charge in [0.1, 0.15) is 6.54 Å². The molecule has 0 aliphatic heterocycles. The highest BCUT2D eigenvalue weighted by Gasteiger charge is 2.25. The standard InChI is InChI=1S/C12H24N2O5/c1-5-13(8-11(15)16)12(17)14(6-7-18-3)10(2)9-19-4/h10H,5-9H2,1-4H3,(H,15,16). The van der Waals surface area contributed by atoms with Crippen molar-refractivity contribution in [2.75, 3.05) is 47.1 Å². The number of hydrogen-bond acceptors (Lipinski definition) is 4. The molecule has 0 aromatic rings. The predicted molar refractivity (Wildman–Crippen MR) is 70.2 cm³/mol. The summed E-state index contributed by atoms with van der Waals surface area (Å²) in [6, 6.07) is -0.456. The minimum Gasteiger partial charge on any atom is -0.480 e. The summed E-state index contributed by atoms with van der Waals surface area (Å²) in [6.45, 7) is 4.81. The second kappa shape index (κ2) is 9.57. The third kappa shape index (κ3) is 6.40. The lowest BCUT2D eigenvalue weighted by molar-refractivity contribution is -0.137. The van der Waals surface area contributed by atoms with Gasteiger partial charge in [-0.15, -0.1) is 0 Å². The van der Waals surface area contributed by atoms with E-state index in [-0.39, 0.29) is 18.6 Å². The first-order valence-electron chi connectivity index (χ1n) is 6.23. The Morgan fingerprint density at radius 2 is 1.89 bits per heavy atom. The van der Waals surface area contributed by atoms with Crippen LogP contribution in [0.15, 0.2) is 0 Å². The monoisotopic (exact) mass is 276 g/mol. The Hall–Kier alpha value is -1.34. The molecule has 0 aliphatic rings. The van der Waals surface area contributed by atoms with Crippen molar-refractivity contribution in [3.8, 4) is 0 Å². The van der Waals surface area contributed by atoms with Gasteiger partial charge in [-0.05, 0) is 13.8 Å². The number of carbonyl (C=O) groups is 2. The van der Waals surface area contributed by atoms with Crippen LogP contribution >= 0.6 is 0 Å². The Morgan fingerprint density at radius 3 is 2.32 bits per heavy atom. The molecule has 0 bridgehead atoms. The van der Waals surface area contributed by atoms with Gasteiger partial charge >= 0.3 is 12.0 Å². The second-order valence-electron chi connectivity index (χ2n) is 4.18. The molecule has 0 fully saturated rings. The number of carbonyl (C=O) groups excluding carboxylic acids is 1. The Balaban J connectivity index is 4.79. The first-order valence-corrected chi connectivity index (χ1v) is 6.23. The summed E-state index contributed by atoms with van der Waals surface area (Å²) in [4.78, 5) is 25.9. The van der Waals surface area contributed by atoms with E-state index in [9.17, 15) is 9.59 Å². The van der Waals surface area contributed by atoms with Crippen LogP contribution in [0.3, 0.4) is 0 Å². The summed E-state index contributed by atoms with van der Waals surface area (Å²) in [7, 11) is 3.11. The first kappa shape index (κ1) is 17.7. The van der Waals surface area contributed by atoms with Crippen LogP contribution in [-0.2, 0) is 14.3 Å². The van der Waals surface area contributed by atoms with Gasteiger partial charge in [0.05, 0.1) is 19.3 Å². The molecule has 112 valence electrons. The number of methoxy groups -OCH3 is 2. The van der Waals surface area contributed by atoms with Gasteiger partial charge in [0, 0.05) is 27.3 Å². The highest BCUT2D eigenvalue weighted by Crippen LogP contribution is 2.06. The van der Waals surface area contributed by atoms with E-state index in [1.165, 1.54) is 4.90 Å². The van der Waals surface area contributed by atoms with Crippen LogP contribution in [0.1, 0.15) is 13.8 Å². The van der Waals surface area contributed by atoms with E-state index in [4.69, 9.17) is 14.6 Å². The van der Waals surface area contributed by atoms with Crippen molar-refractivity contribution in [2.24, 2.45) is 0 Å². The maximum Gasteiger partial charge on any atom is 0.323 e. The van der Waals surface area contributed by atoms with Crippen molar-refractivity contribution in [3.63, 3.8) is 0 Å². The summed E-state index contributed by atoms with van der Waals surface area (Å²) in [5.41, 5.74) is 0. The molecule has 7 heteroatoms. The normalized spacial score (nSPS) is 12.0. The van der Waals surface area contributed by atoms with Gasteiger partial charge in [-0.1, -0.05) is 0 Å². The Kier molecular flexibility index (Phi) is 8.90. The summed E-state index contributed by atoms with van der Waals surface area (Å²) in [6.07, 6.45) is 0. The number of aliphatic carboxylic acids is 1. The molecule has 0 aliphatic carbocycles. The molecule has 19 heavy (non-hydrogen) atoms. The molecule has 7 nitrogen and oxygen atoms in total. The molecule has 0 aromatic heterocycles. The molecule has 0 aromatic carbocycles. The SMILES string of the molecule is CCN(CC(=O)O)C(=O)N(CCOC)C(C)COC. The number of carboxylic acids is 1. The molecule has 1 atom stereocenters. The van der Waals surface area contributed by atoms with Gasteiger partial charge in [0.15, 0.2) is 0 Å². The number of amides is 2. The Bertz CT molecular complexity index is 285. The number of likely N-dealkylation sites (N-methyl/N-ethyl adjacent to an activating group) is 1. The Morgan fingerprint density at radius 1 is 1.26 bits per heavy atom. The van der Waals surface area contributed by atoms with E-state index < -0.39 is 5.97 Å². The van der Waals surface area contributed by atoms with Crippen molar-refractivity contribution in [1.29, 1.82) is 0 Å². The minimum atomic E-state index is -1.03. The van der Waals surface area contributed by atoms with Gasteiger partial charge in [-0.3, -0.25) is 4.79 Å². The average Bonchev–Trinajstić information content (AvgIpc) is 2.36. The van der Waals surface area contributed by atoms with E-state index in [1.807, 2.05) is 6.92 Å². The second-order valence-corrected chi connectivity index (χ2v) is 4.18. The molecule has 1 unspecified atom stereocenters. The van der Waals surface area contributed by atoms with Gasteiger partial charge in [0.2, 0.25) is 0 Å². The molecule has 2 amide bonds. The van der Waals surface area contributed by atoms with Crippen LogP contribution in [0.5, 0.6) is 0 Å². The van der Waals surface area contributed by atoms with Crippen molar-refractivity contribution >= 4 is 12.0 Å². The van der Waals surface area contributed by atoms with Gasteiger partial charge < -0.3 is 24.4 Å². The van der Waals surface area contributed by atoms with E-state index >= 15 is 0 Å². The maximum atomic E-state index is 12.3. The maximum absolute atomic E-state index is 12.3. The zero-order chi connectivity index (χ0) is 14.8. The fourth-order valence-electron chi connectivity index (χ4n) is 1.68. The molecule has 1 N–H and O–H groups in total. The largest absolute Gasteiger partial charge is 0.480 e. The van der Waals surface area contributed by atoms with Crippen molar-refractivity contribution in [3.05, 3.63) is 0 Å². The number of rotatable bonds is 9. The number of nitrogens with zero attached hydrogens (tertiary/aromatic N) is 2. The van der Waals surface area contributed by atoms with Crippen LogP contribution < -0.4 is 0 Å². The van der Waals surface area contributed by atoms with E-state index in [0.29, 0.717) is 26.3 Å². The van der Waals surface area contributed by atoms with Crippen LogP contribution in [0, 0.1) is 0 Å². The van der Waals surface area contributed by atoms with Gasteiger partial charge in [0.25, 0.3) is 0 Å². The highest BCUT2D eigenvalue weighted by atomic mass is 16.5. The summed E-state index contributed by atoms with van der Waals surface area (Å²) < 4.78 is 10.0. The quantitative estimate of drug-likeness (QED) is 0.663. The number of hydrogen-bond donors (Lipinski definition) is 1. The molecular weight excluding hydrogens is 252 g/mol. The van der Waals surface area contributed by atoms with Gasteiger partial charge in [-0.2, -0.15) is 0 Å². The fraction of sp³-hybridized carbons (Fsp3) is 0.833. The van der Waals surface area contributed by atoms with E-state index in [2.05, 4.69) is 0 Å². The molecule has 0 saturated heterocycles. The van der Waals surface area contributed by atoms with E-state index in [0.717, 1.165) is 0 Å². The summed E-state index contributed by atoms with van der Waals surface area (Å²) in [5, 5.41) is 8.80. The molecule has 0 rings (SSSR count). The van der Waals surface area contributed by atoms with E-state index in [1.54, 1.807) is 26.0 Å². The lowest BCUT2D eigenvalue weighted by Crippen LogP contribution is -2.51. The molecule has 0 heterocycles. The molecule has 0 spiro atoms. The topological polar surface area (TPSA) is 79.3 Å². The number of carboxylic acid groups (broad SMARTS) is 1. The van der Waals surface area contributed by atoms with Crippen LogP contribution in [0.25, 0.3) is 0 Å². The third-order valence-electron chi connectivity index (χ3n) is 2.70. The number of urea groups is 1. The van der Waals surface area contributed by atoms with Crippen molar-refractivity contribution < 1.29 is 24.2 Å². The fourth-order valence-corrected chi connectivity index (χ4v) is 1.68. The van der Waals surface area contributed by atoms with Crippen LogP contribution in [0.4, 0.5) is 4.79 Å². The zero-order valence-corrected chi connectivity index (χ0v) is 12.1. The molecule has 0 radical (unpaired) electrons. The van der Waals surface area contributed by atoms with Crippen LogP contribution in [-0.4, -0.2) is 80.0 Å². The van der Waals surface area contributed by atoms with Gasteiger partial charge in [-0.25, -0.2) is 4.79 Å². The molecule has 0 saturated carbocycles. The van der Waals surface area contributed by atoms with Crippen LogP contribution in [0.2, 0.25) is 0 Å². The summed E-state index contributed by atoms with van der Waals surface area (Å²) >= 11 is 0. The minimum absolute atomic E-state index is 0.143. The first-order chi connectivity index (χ1) is 8.97. The highest BCUT2D eigenvalue weighted by molar-refractivity contribution is 5.80. The lowest BCUT2D eigenvalue weighted by atomic mass is 10.3. The lowest BCUT2D eigenvalue weighted by Gasteiger charge is -2.33. The van der Waals surface area contributed by atoms with Crippen molar-refractivity contribution in [1.82, 2.24) is 9.80 Å². The molecular formula is C12H24N2O5. The predicted octanol–water partition coefficient (Wildman–Crippen LogP) is 0.496.